The predicted molar refractivity (Wildman–Crippen MR) is 95.0 cm³/mol. The summed E-state index contributed by atoms with van der Waals surface area (Å²) in [5, 5.41) is 0. The molecule has 1 aliphatic rings. The third-order valence-electron chi connectivity index (χ3n) is 4.28. The van der Waals surface area contributed by atoms with Crippen LogP contribution in [-0.4, -0.2) is 20.9 Å². The monoisotopic (exact) mass is 398 g/mol. The molecule has 0 aromatic heterocycles. The van der Waals surface area contributed by atoms with Crippen LogP contribution in [0.1, 0.15) is 24.0 Å². The maximum absolute atomic E-state index is 12.8. The van der Waals surface area contributed by atoms with Gasteiger partial charge in [-0.1, -0.05) is 6.07 Å². The molecule has 2 aromatic rings. The van der Waals surface area contributed by atoms with Gasteiger partial charge in [0.1, 0.15) is 0 Å². The van der Waals surface area contributed by atoms with Crippen LogP contribution in [0.25, 0.3) is 0 Å². The number of benzene rings is 2. The fourth-order valence-corrected chi connectivity index (χ4v) is 4.11. The maximum atomic E-state index is 12.8. The molecule has 144 valence electrons. The van der Waals surface area contributed by atoms with E-state index in [4.69, 9.17) is 0 Å². The van der Waals surface area contributed by atoms with Gasteiger partial charge in [-0.15, -0.1) is 0 Å². The Morgan fingerprint density at radius 1 is 1.11 bits per heavy atom. The van der Waals surface area contributed by atoms with E-state index in [0.29, 0.717) is 24.2 Å². The molecular weight excluding hydrogens is 381 g/mol. The molecule has 0 radical (unpaired) electrons. The first-order valence-corrected chi connectivity index (χ1v) is 9.67. The topological polar surface area (TPSA) is 66.5 Å². The average molecular weight is 398 g/mol. The molecule has 3 rings (SSSR count). The van der Waals surface area contributed by atoms with Crippen molar-refractivity contribution in [3.63, 3.8) is 0 Å². The van der Waals surface area contributed by atoms with E-state index in [1.807, 2.05) is 0 Å². The van der Waals surface area contributed by atoms with Crippen LogP contribution in [0.15, 0.2) is 47.4 Å². The van der Waals surface area contributed by atoms with E-state index in [9.17, 15) is 26.4 Å². The molecule has 0 unspecified atom stereocenters. The number of hydrogen-bond acceptors (Lipinski definition) is 3. The van der Waals surface area contributed by atoms with Gasteiger partial charge >= 0.3 is 6.18 Å². The van der Waals surface area contributed by atoms with Crippen LogP contribution in [0, 0.1) is 6.92 Å². The Bertz CT molecular complexity index is 988. The van der Waals surface area contributed by atoms with Crippen LogP contribution in [0.4, 0.5) is 24.5 Å². The van der Waals surface area contributed by atoms with E-state index >= 15 is 0 Å². The van der Waals surface area contributed by atoms with E-state index in [1.165, 1.54) is 18.2 Å². The Labute approximate surface area is 154 Å². The first-order valence-electron chi connectivity index (χ1n) is 8.19. The molecule has 1 saturated heterocycles. The summed E-state index contributed by atoms with van der Waals surface area (Å²) in [5.41, 5.74) is 0.107. The number of nitrogens with zero attached hydrogens (tertiary/aromatic N) is 1. The normalized spacial score (nSPS) is 15.3. The molecule has 27 heavy (non-hydrogen) atoms. The van der Waals surface area contributed by atoms with Crippen LogP contribution in [0.2, 0.25) is 0 Å². The highest BCUT2D eigenvalue weighted by Crippen LogP contribution is 2.32. The smallest absolute Gasteiger partial charge is 0.312 e. The van der Waals surface area contributed by atoms with Crippen molar-refractivity contribution in [1.82, 2.24) is 0 Å². The second-order valence-electron chi connectivity index (χ2n) is 6.28. The van der Waals surface area contributed by atoms with Gasteiger partial charge in [-0.2, -0.15) is 13.2 Å². The van der Waals surface area contributed by atoms with Gasteiger partial charge in [0.15, 0.2) is 0 Å². The van der Waals surface area contributed by atoms with Crippen LogP contribution < -0.4 is 9.62 Å². The minimum absolute atomic E-state index is 0.0178. The molecule has 0 bridgehead atoms. The molecule has 1 amide bonds. The van der Waals surface area contributed by atoms with Gasteiger partial charge in [-0.3, -0.25) is 9.52 Å². The third kappa shape index (κ3) is 4.08. The zero-order valence-electron chi connectivity index (χ0n) is 14.4. The summed E-state index contributed by atoms with van der Waals surface area (Å²) in [4.78, 5) is 13.4. The number of aryl methyl sites for hydroxylation is 1. The lowest BCUT2D eigenvalue weighted by Crippen LogP contribution is -2.24. The molecule has 9 heteroatoms. The number of nitrogens with one attached hydrogen (secondary N) is 1. The fraction of sp³-hybridized carbons (Fsp3) is 0.278. The Balaban J connectivity index is 1.87. The molecule has 0 saturated carbocycles. The van der Waals surface area contributed by atoms with Crippen molar-refractivity contribution in [2.24, 2.45) is 0 Å². The van der Waals surface area contributed by atoms with Crippen molar-refractivity contribution in [2.45, 2.75) is 30.8 Å². The van der Waals surface area contributed by atoms with Crippen molar-refractivity contribution in [3.05, 3.63) is 53.6 Å². The summed E-state index contributed by atoms with van der Waals surface area (Å²) in [5.74, 6) is -0.0178. The number of anilines is 2. The lowest BCUT2D eigenvalue weighted by atomic mass is 10.2. The quantitative estimate of drug-likeness (QED) is 0.848. The molecule has 1 fully saturated rings. The third-order valence-corrected chi connectivity index (χ3v) is 5.66. The van der Waals surface area contributed by atoms with E-state index in [-0.39, 0.29) is 16.5 Å². The van der Waals surface area contributed by atoms with Crippen molar-refractivity contribution < 1.29 is 26.4 Å². The van der Waals surface area contributed by atoms with Gasteiger partial charge in [-0.25, -0.2) is 8.42 Å². The first-order chi connectivity index (χ1) is 12.6. The fourth-order valence-electron chi connectivity index (χ4n) is 2.97. The lowest BCUT2D eigenvalue weighted by Gasteiger charge is -2.19. The van der Waals surface area contributed by atoms with Crippen LogP contribution >= 0.6 is 0 Å². The summed E-state index contributed by atoms with van der Waals surface area (Å²) in [6.07, 6.45) is -3.37. The molecular formula is C18H17F3N2O3S. The van der Waals surface area contributed by atoms with Gasteiger partial charge < -0.3 is 4.90 Å². The molecule has 1 heterocycles. The SMILES string of the molecule is Cc1cc(S(=O)(=O)Nc2cccc(C(F)(F)F)c2)ccc1N1CCCC1=O. The zero-order chi connectivity index (χ0) is 19.8. The molecule has 0 atom stereocenters. The van der Waals surface area contributed by atoms with Gasteiger partial charge in [0, 0.05) is 24.3 Å². The van der Waals surface area contributed by atoms with E-state index < -0.39 is 21.8 Å². The Morgan fingerprint density at radius 3 is 2.44 bits per heavy atom. The number of rotatable bonds is 4. The van der Waals surface area contributed by atoms with E-state index in [2.05, 4.69) is 4.72 Å². The number of sulfonamides is 1. The number of carbonyl (C=O) groups excluding carboxylic acids is 1. The highest BCUT2D eigenvalue weighted by Gasteiger charge is 2.31. The van der Waals surface area contributed by atoms with Gasteiger partial charge in [0.05, 0.1) is 10.5 Å². The highest BCUT2D eigenvalue weighted by molar-refractivity contribution is 7.92. The number of hydrogen-bond donors (Lipinski definition) is 1. The molecule has 0 spiro atoms. The summed E-state index contributed by atoms with van der Waals surface area (Å²) >= 11 is 0. The van der Waals surface area contributed by atoms with Gasteiger partial charge in [0.2, 0.25) is 5.91 Å². The second kappa shape index (κ2) is 6.88. The van der Waals surface area contributed by atoms with Gasteiger partial charge in [0.25, 0.3) is 10.0 Å². The lowest BCUT2D eigenvalue weighted by molar-refractivity contribution is -0.137. The van der Waals surface area contributed by atoms with Crippen LogP contribution in [-0.2, 0) is 21.0 Å². The number of amides is 1. The molecule has 0 aliphatic carbocycles. The highest BCUT2D eigenvalue weighted by atomic mass is 32.2. The van der Waals surface area contributed by atoms with Crippen LogP contribution in [0.3, 0.4) is 0 Å². The predicted octanol–water partition coefficient (Wildman–Crippen LogP) is 3.94. The summed E-state index contributed by atoms with van der Waals surface area (Å²) < 4.78 is 65.6. The average Bonchev–Trinajstić information content (AvgIpc) is 2.99. The number of carbonyl (C=O) groups is 1. The molecule has 1 aliphatic heterocycles. The minimum atomic E-state index is -4.57. The number of halogens is 3. The zero-order valence-corrected chi connectivity index (χ0v) is 15.2. The van der Waals surface area contributed by atoms with Crippen LogP contribution in [0.5, 0.6) is 0 Å². The molecule has 5 nitrogen and oxygen atoms in total. The van der Waals surface area contributed by atoms with Crippen molar-refractivity contribution >= 4 is 27.3 Å². The molecule has 2 aromatic carbocycles. The van der Waals surface area contributed by atoms with E-state index in [1.54, 1.807) is 17.9 Å². The minimum Gasteiger partial charge on any atom is -0.312 e. The number of alkyl halides is 3. The Kier molecular flexibility index (Phi) is 4.90. The van der Waals surface area contributed by atoms with Crippen molar-refractivity contribution in [3.8, 4) is 0 Å². The van der Waals surface area contributed by atoms with Crippen molar-refractivity contribution in [2.75, 3.05) is 16.2 Å². The molecule has 1 N–H and O–H groups in total. The maximum Gasteiger partial charge on any atom is 0.416 e. The Hall–Kier alpha value is -2.55. The van der Waals surface area contributed by atoms with Crippen molar-refractivity contribution in [1.29, 1.82) is 0 Å². The summed E-state index contributed by atoms with van der Waals surface area (Å²) in [6, 6.07) is 8.26. The van der Waals surface area contributed by atoms with E-state index in [0.717, 1.165) is 24.6 Å². The van der Waals surface area contributed by atoms with Gasteiger partial charge in [-0.05, 0) is 55.3 Å². The summed E-state index contributed by atoms with van der Waals surface area (Å²) in [7, 11) is -4.07. The first kappa shape index (κ1) is 19.2. The second-order valence-corrected chi connectivity index (χ2v) is 7.96. The summed E-state index contributed by atoms with van der Waals surface area (Å²) in [6.45, 7) is 2.26. The Morgan fingerprint density at radius 2 is 1.85 bits per heavy atom. The largest absolute Gasteiger partial charge is 0.416 e. The standard InChI is InChI=1S/C18H17F3N2O3S/c1-12-10-15(7-8-16(12)23-9-3-6-17(23)24)27(25,26)22-14-5-2-4-13(11-14)18(19,20)21/h2,4-5,7-8,10-11,22H,3,6,9H2,1H3.